The molecule has 43 heavy (non-hydrogen) atoms. The van der Waals surface area contributed by atoms with Gasteiger partial charge in [-0.2, -0.15) is 0 Å². The number of imide groups is 1. The van der Waals surface area contributed by atoms with Gasteiger partial charge in [-0.15, -0.1) is 11.8 Å². The number of halogens is 1. The number of nitrogens with zero attached hydrogens (tertiary/aromatic N) is 2. The summed E-state index contributed by atoms with van der Waals surface area (Å²) in [5.74, 6) is -0.175. The number of likely N-dealkylation sites (tertiary alicyclic amines) is 1. The number of carbonyl (C=O) groups excluding carboxylic acids is 3. The number of piperidine rings is 1. The summed E-state index contributed by atoms with van der Waals surface area (Å²) in [7, 11) is 0. The Labute approximate surface area is 261 Å². The number of hydrogen-bond donors (Lipinski definition) is 1. The molecule has 2 bridgehead atoms. The number of carbonyl (C=O) groups is 3. The van der Waals surface area contributed by atoms with E-state index >= 15 is 0 Å². The number of fused-ring (bicyclic) bond motifs is 9. The Balaban J connectivity index is 1.08. The highest BCUT2D eigenvalue weighted by Crippen LogP contribution is 2.68. The molecule has 7 atom stereocenters. The molecule has 4 heterocycles. The normalized spacial score (nSPS) is 30.8. The molecule has 8 nitrogen and oxygen atoms in total. The molecule has 2 aromatic carbocycles. The van der Waals surface area contributed by atoms with Crippen LogP contribution >= 0.6 is 34.7 Å². The molecule has 3 aromatic rings. The van der Waals surface area contributed by atoms with Crippen molar-refractivity contribution < 1.29 is 19.1 Å². The molecule has 2 saturated heterocycles. The first-order chi connectivity index (χ1) is 20.9. The van der Waals surface area contributed by atoms with E-state index in [2.05, 4.69) is 4.98 Å². The van der Waals surface area contributed by atoms with Crippen LogP contribution in [-0.4, -0.2) is 52.6 Å². The smallest absolute Gasteiger partial charge is 0.305 e. The topological polar surface area (TPSA) is 99.8 Å². The minimum atomic E-state index is -0.363. The fraction of sp³-hybridized carbons (Fsp3) is 0.438. The zero-order chi connectivity index (χ0) is 29.4. The highest BCUT2D eigenvalue weighted by atomic mass is 35.5. The SMILES string of the molecule is O=C(COc1ccc([C@H]2c3sc(=O)[nH]c3SC3C2[C@H]2C[C@@H]3C3C(=O)N(c4ccc(Cl)cc4)C(=O)C32)cc1)N1CCCCC1. The zero-order valence-electron chi connectivity index (χ0n) is 23.2. The fourth-order valence-electron chi connectivity index (χ4n) is 8.39. The lowest BCUT2D eigenvalue weighted by atomic mass is 9.68. The Hall–Kier alpha value is -3.08. The van der Waals surface area contributed by atoms with Gasteiger partial charge in [0.2, 0.25) is 11.8 Å². The Bertz CT molecular complexity index is 1670. The second-order valence-electron chi connectivity index (χ2n) is 12.2. The molecule has 4 unspecified atom stereocenters. The van der Waals surface area contributed by atoms with Gasteiger partial charge in [0.05, 0.1) is 22.5 Å². The minimum Gasteiger partial charge on any atom is -0.484 e. The van der Waals surface area contributed by atoms with Crippen molar-refractivity contribution in [1.82, 2.24) is 9.88 Å². The lowest BCUT2D eigenvalue weighted by Crippen LogP contribution is -2.42. The molecule has 3 aliphatic heterocycles. The van der Waals surface area contributed by atoms with Gasteiger partial charge in [-0.1, -0.05) is 35.1 Å². The molecule has 1 aromatic heterocycles. The van der Waals surface area contributed by atoms with Crippen molar-refractivity contribution >= 4 is 58.1 Å². The number of amides is 3. The summed E-state index contributed by atoms with van der Waals surface area (Å²) in [5, 5.41) is 1.55. The van der Waals surface area contributed by atoms with Crippen molar-refractivity contribution in [2.45, 2.75) is 41.9 Å². The molecule has 2 aliphatic carbocycles. The van der Waals surface area contributed by atoms with Crippen LogP contribution in [0.2, 0.25) is 5.02 Å². The third-order valence-electron chi connectivity index (χ3n) is 10.1. The van der Waals surface area contributed by atoms with Gasteiger partial charge < -0.3 is 14.6 Å². The summed E-state index contributed by atoms with van der Waals surface area (Å²) in [6.07, 6.45) is 4.08. The maximum atomic E-state index is 13.9. The number of aromatic nitrogens is 1. The monoisotopic (exact) mass is 635 g/mol. The standard InChI is InChI=1S/C32H30ClN3O5S2/c33-17-6-8-18(9-7-17)36-30(38)25-20-14-21(26(25)31(36)39)27-24(20)23(28-29(42-27)34-32(40)43-28)16-4-10-19(11-5-16)41-15-22(37)35-12-2-1-3-13-35/h4-11,20-21,23-27H,1-3,12-15H2,(H,34,40)/t20-,21-,23-,24?,25?,26?,27?/m1/s1. The summed E-state index contributed by atoms with van der Waals surface area (Å²) in [6.45, 7) is 1.60. The summed E-state index contributed by atoms with van der Waals surface area (Å²) >= 11 is 9.00. The number of benzene rings is 2. The van der Waals surface area contributed by atoms with Gasteiger partial charge in [0.25, 0.3) is 5.91 Å². The van der Waals surface area contributed by atoms with Crippen LogP contribution in [0.4, 0.5) is 5.69 Å². The Morgan fingerprint density at radius 3 is 2.35 bits per heavy atom. The number of H-pyrrole nitrogens is 1. The summed E-state index contributed by atoms with van der Waals surface area (Å²) in [5.41, 5.74) is 1.62. The van der Waals surface area contributed by atoms with E-state index in [-0.39, 0.29) is 70.0 Å². The first-order valence-corrected chi connectivity index (χ1v) is 17.0. The van der Waals surface area contributed by atoms with Gasteiger partial charge in [-0.25, -0.2) is 0 Å². The van der Waals surface area contributed by atoms with Crippen LogP contribution in [-0.2, 0) is 14.4 Å². The molecular weight excluding hydrogens is 606 g/mol. The summed E-state index contributed by atoms with van der Waals surface area (Å²) in [4.78, 5) is 60.0. The lowest BCUT2D eigenvalue weighted by molar-refractivity contribution is -0.134. The van der Waals surface area contributed by atoms with Crippen molar-refractivity contribution in [3.8, 4) is 5.75 Å². The first-order valence-electron chi connectivity index (χ1n) is 14.9. The maximum absolute atomic E-state index is 13.9. The summed E-state index contributed by atoms with van der Waals surface area (Å²) in [6, 6.07) is 14.7. The Kier molecular flexibility index (Phi) is 6.72. The van der Waals surface area contributed by atoms with Crippen molar-refractivity contribution in [3.63, 3.8) is 0 Å². The third kappa shape index (κ3) is 4.39. The largest absolute Gasteiger partial charge is 0.484 e. The number of ether oxygens (including phenoxy) is 1. The van der Waals surface area contributed by atoms with Crippen LogP contribution in [0.3, 0.4) is 0 Å². The highest BCUT2D eigenvalue weighted by molar-refractivity contribution is 8.00. The molecule has 1 N–H and O–H groups in total. The molecule has 4 fully saturated rings. The van der Waals surface area contributed by atoms with Crippen molar-refractivity contribution in [3.05, 3.63) is 73.7 Å². The molecular formula is C32H30ClN3O5S2. The van der Waals surface area contributed by atoms with Gasteiger partial charge >= 0.3 is 4.87 Å². The van der Waals surface area contributed by atoms with E-state index in [0.29, 0.717) is 16.5 Å². The van der Waals surface area contributed by atoms with E-state index in [1.165, 1.54) is 22.7 Å². The number of aromatic amines is 1. The van der Waals surface area contributed by atoms with Crippen molar-refractivity contribution in [2.24, 2.45) is 29.6 Å². The number of thioether (sulfide) groups is 1. The number of hydrogen-bond acceptors (Lipinski definition) is 7. The van der Waals surface area contributed by atoms with Crippen LogP contribution in [0, 0.1) is 29.6 Å². The third-order valence-corrected chi connectivity index (χ3v) is 13.0. The zero-order valence-corrected chi connectivity index (χ0v) is 25.6. The Morgan fingerprint density at radius 1 is 0.930 bits per heavy atom. The minimum absolute atomic E-state index is 0.0117. The van der Waals surface area contributed by atoms with Crippen LogP contribution in [0.1, 0.15) is 42.0 Å². The summed E-state index contributed by atoms with van der Waals surface area (Å²) < 4.78 is 5.87. The Morgan fingerprint density at radius 2 is 1.63 bits per heavy atom. The van der Waals surface area contributed by atoms with Gasteiger partial charge in [-0.3, -0.25) is 24.1 Å². The molecule has 8 rings (SSSR count). The molecule has 3 amide bonds. The van der Waals surface area contributed by atoms with Crippen LogP contribution in [0.5, 0.6) is 5.75 Å². The first kappa shape index (κ1) is 27.5. The van der Waals surface area contributed by atoms with Crippen LogP contribution in [0.15, 0.2) is 58.4 Å². The quantitative estimate of drug-likeness (QED) is 0.389. The van der Waals surface area contributed by atoms with Crippen LogP contribution in [0.25, 0.3) is 0 Å². The van der Waals surface area contributed by atoms with Gasteiger partial charge in [-0.05, 0) is 85.4 Å². The molecule has 0 spiro atoms. The van der Waals surface area contributed by atoms with E-state index < -0.39 is 0 Å². The van der Waals surface area contributed by atoms with Crippen molar-refractivity contribution in [1.29, 1.82) is 0 Å². The maximum Gasteiger partial charge on any atom is 0.305 e. The van der Waals surface area contributed by atoms with E-state index in [1.807, 2.05) is 29.2 Å². The van der Waals surface area contributed by atoms with Crippen molar-refractivity contribution in [2.75, 3.05) is 24.6 Å². The van der Waals surface area contributed by atoms with Crippen LogP contribution < -0.4 is 14.5 Å². The molecule has 2 saturated carbocycles. The number of anilines is 1. The fourth-order valence-corrected chi connectivity index (χ4v) is 11.4. The van der Waals surface area contributed by atoms with Gasteiger partial charge in [0.15, 0.2) is 6.61 Å². The lowest BCUT2D eigenvalue weighted by Gasteiger charge is -2.43. The molecule has 5 aliphatic rings. The second kappa shape index (κ2) is 10.5. The van der Waals surface area contributed by atoms with E-state index in [4.69, 9.17) is 16.3 Å². The number of thiazole rings is 1. The molecule has 0 radical (unpaired) electrons. The molecule has 222 valence electrons. The van der Waals surface area contributed by atoms with E-state index in [9.17, 15) is 19.2 Å². The predicted octanol–water partition coefficient (Wildman–Crippen LogP) is 5.16. The van der Waals surface area contributed by atoms with Gasteiger partial charge in [0.1, 0.15) is 5.75 Å². The predicted molar refractivity (Wildman–Crippen MR) is 165 cm³/mol. The second-order valence-corrected chi connectivity index (χ2v) is 14.9. The number of nitrogens with one attached hydrogen (secondary N) is 1. The van der Waals surface area contributed by atoms with E-state index in [1.54, 1.807) is 36.0 Å². The average molecular weight is 636 g/mol. The average Bonchev–Trinajstić information content (AvgIpc) is 3.76. The molecule has 11 heteroatoms. The van der Waals surface area contributed by atoms with E-state index in [0.717, 1.165) is 47.8 Å². The number of rotatable bonds is 5. The van der Waals surface area contributed by atoms with Gasteiger partial charge in [0, 0.05) is 34.2 Å². The highest BCUT2D eigenvalue weighted by Gasteiger charge is 2.69.